The van der Waals surface area contributed by atoms with Crippen molar-refractivity contribution in [2.24, 2.45) is 5.92 Å². The van der Waals surface area contributed by atoms with Gasteiger partial charge in [0.1, 0.15) is 11.6 Å². The molecule has 1 aliphatic carbocycles. The number of aromatic nitrogens is 1. The molecule has 6 rings (SSSR count). The van der Waals surface area contributed by atoms with Crippen molar-refractivity contribution >= 4 is 45.0 Å². The summed E-state index contributed by atoms with van der Waals surface area (Å²) in [6.07, 6.45) is 16.7. The van der Waals surface area contributed by atoms with E-state index in [1.54, 1.807) is 18.2 Å². The van der Waals surface area contributed by atoms with Crippen LogP contribution in [0.3, 0.4) is 0 Å². The van der Waals surface area contributed by atoms with Crippen LogP contribution in [0.15, 0.2) is 55.0 Å². The molecule has 226 valence electrons. The van der Waals surface area contributed by atoms with Gasteiger partial charge in [-0.15, -0.1) is 0 Å². The van der Waals surface area contributed by atoms with Crippen molar-refractivity contribution in [2.45, 2.75) is 54.9 Å². The molecule has 2 aromatic rings. The summed E-state index contributed by atoms with van der Waals surface area (Å²) in [5, 5.41) is 17.9. The molecule has 0 unspecified atom stereocenters. The number of ketones is 2. The number of allylic oxidation sites excluding steroid dienone is 2. The van der Waals surface area contributed by atoms with E-state index < -0.39 is 0 Å². The zero-order valence-electron chi connectivity index (χ0n) is 24.5. The van der Waals surface area contributed by atoms with Gasteiger partial charge in [-0.3, -0.25) is 9.59 Å². The summed E-state index contributed by atoms with van der Waals surface area (Å²) in [5.74, 6) is 1.05. The Morgan fingerprint density at radius 3 is 2.88 bits per heavy atom. The number of anilines is 1. The van der Waals surface area contributed by atoms with Gasteiger partial charge in [-0.2, -0.15) is 0 Å². The maximum absolute atomic E-state index is 12.9. The van der Waals surface area contributed by atoms with Gasteiger partial charge in [-0.25, -0.2) is 4.98 Å². The molecule has 3 aliphatic heterocycles. The topological polar surface area (TPSA) is 104 Å². The lowest BCUT2D eigenvalue weighted by Gasteiger charge is -2.42. The second kappa shape index (κ2) is 12.7. The smallest absolute Gasteiger partial charge is 0.163 e. The van der Waals surface area contributed by atoms with Crippen molar-refractivity contribution in [3.63, 3.8) is 0 Å². The van der Waals surface area contributed by atoms with Crippen LogP contribution in [-0.4, -0.2) is 58.7 Å². The van der Waals surface area contributed by atoms with E-state index in [9.17, 15) is 14.7 Å². The first kappa shape index (κ1) is 29.7. The highest BCUT2D eigenvalue weighted by Gasteiger charge is 2.42. The minimum Gasteiger partial charge on any atom is -0.504 e. The maximum atomic E-state index is 12.9. The van der Waals surface area contributed by atoms with Crippen LogP contribution in [-0.2, 0) is 14.3 Å². The summed E-state index contributed by atoms with van der Waals surface area (Å²) >= 11 is 0. The fourth-order valence-corrected chi connectivity index (χ4v) is 10.2. The van der Waals surface area contributed by atoms with Crippen LogP contribution < -0.4 is 15.4 Å². The van der Waals surface area contributed by atoms with Gasteiger partial charge in [0.05, 0.1) is 24.9 Å². The molecule has 0 spiro atoms. The Kier molecular flexibility index (Phi) is 8.77. The Morgan fingerprint density at radius 1 is 1.21 bits per heavy atom. The molecule has 0 amide bonds. The predicted octanol–water partition coefficient (Wildman–Crippen LogP) is 5.95. The largest absolute Gasteiger partial charge is 0.504 e. The van der Waals surface area contributed by atoms with E-state index >= 15 is 0 Å². The van der Waals surface area contributed by atoms with Crippen molar-refractivity contribution in [3.8, 4) is 11.5 Å². The second-order valence-electron chi connectivity index (χ2n) is 11.6. The number of phenols is 1. The summed E-state index contributed by atoms with van der Waals surface area (Å²) < 4.78 is 5.23. The summed E-state index contributed by atoms with van der Waals surface area (Å²) in [6.45, 7) is 4.63. The van der Waals surface area contributed by atoms with Crippen molar-refractivity contribution < 1.29 is 19.4 Å². The molecule has 4 bridgehead atoms. The molecule has 43 heavy (non-hydrogen) atoms. The van der Waals surface area contributed by atoms with Crippen molar-refractivity contribution in [3.05, 3.63) is 77.3 Å². The van der Waals surface area contributed by atoms with Gasteiger partial charge in [0, 0.05) is 54.8 Å². The molecular formula is C33H38N4O4S2. The van der Waals surface area contributed by atoms with E-state index in [1.807, 2.05) is 34.0 Å². The van der Waals surface area contributed by atoms with Crippen LogP contribution in [0.25, 0.3) is 6.08 Å². The molecule has 4 aliphatic rings. The molecule has 10 heteroatoms. The number of benzene rings is 1. The number of hydrogen-bond acceptors (Lipinski definition) is 10. The number of phenolic OH excluding ortho intramolecular Hbond substituents is 1. The number of Topliss-reactive ketones (excluding diaryl/α,β-unsaturated/α-hetero) is 1. The van der Waals surface area contributed by atoms with E-state index in [0.29, 0.717) is 12.2 Å². The molecule has 0 saturated carbocycles. The van der Waals surface area contributed by atoms with Gasteiger partial charge < -0.3 is 25.4 Å². The van der Waals surface area contributed by atoms with Gasteiger partial charge in [0.2, 0.25) is 0 Å². The standard InChI is InChI=1S/C33H38N4O4S2/c1-3-21-4-6-24(38)16-25(39)7-5-22-15-30(41-2)29(40)17-27(22)26-8-9-31(21)42-43-33(19-37-13-12-34-20-37)10-11-35-32-28(33)14-23(26)18-36-32/h5,7-9,12-15,17-18,21,26,31,34,40H,3-4,6,10-11,16,19-20H2,1-2H3,(H,35,36)/b7-5+,9-8-/t21-,26+,31+,33+/m0/s1. The summed E-state index contributed by atoms with van der Waals surface area (Å²) in [4.78, 5) is 33.0. The number of nitrogens with zero attached hydrogens (tertiary/aromatic N) is 2. The minimum atomic E-state index is -0.231. The molecule has 8 nitrogen and oxygen atoms in total. The third-order valence-corrected chi connectivity index (χ3v) is 12.5. The molecule has 1 aromatic heterocycles. The number of methoxy groups -OCH3 is 1. The number of pyridine rings is 1. The van der Waals surface area contributed by atoms with Crippen LogP contribution >= 0.6 is 21.6 Å². The Morgan fingerprint density at radius 2 is 2.09 bits per heavy atom. The fourth-order valence-electron chi connectivity index (χ4n) is 6.43. The first-order chi connectivity index (χ1) is 20.9. The molecule has 1 aromatic carbocycles. The zero-order chi connectivity index (χ0) is 30.0. The number of fused-ring (bicyclic) bond motifs is 6. The quantitative estimate of drug-likeness (QED) is 0.216. The first-order valence-electron chi connectivity index (χ1n) is 14.9. The summed E-state index contributed by atoms with van der Waals surface area (Å²) in [5.41, 5.74) is 3.79. The monoisotopic (exact) mass is 618 g/mol. The number of ether oxygens (including phenoxy) is 1. The van der Waals surface area contributed by atoms with Crippen molar-refractivity contribution in [2.75, 3.05) is 32.2 Å². The normalized spacial score (nSPS) is 28.3. The van der Waals surface area contributed by atoms with Crippen LogP contribution in [0.4, 0.5) is 5.82 Å². The minimum absolute atomic E-state index is 0.0260. The molecule has 4 atom stereocenters. The van der Waals surface area contributed by atoms with Crippen molar-refractivity contribution in [1.29, 1.82) is 0 Å². The number of carbonyl (C=O) groups excluding carboxylic acids is 2. The third-order valence-electron chi connectivity index (χ3n) is 8.87. The lowest BCUT2D eigenvalue weighted by Crippen LogP contribution is -2.41. The van der Waals surface area contributed by atoms with Gasteiger partial charge >= 0.3 is 0 Å². The summed E-state index contributed by atoms with van der Waals surface area (Å²) in [7, 11) is 5.34. The average Bonchev–Trinajstić information content (AvgIpc) is 3.51. The molecule has 0 radical (unpaired) electrons. The van der Waals surface area contributed by atoms with Gasteiger partial charge in [-0.05, 0) is 59.7 Å². The Balaban J connectivity index is 1.56. The molecule has 3 N–H and O–H groups in total. The van der Waals surface area contributed by atoms with Crippen molar-refractivity contribution in [1.82, 2.24) is 15.2 Å². The highest BCUT2D eigenvalue weighted by molar-refractivity contribution is 8.77. The average molecular weight is 619 g/mol. The number of carbonyl (C=O) groups is 2. The van der Waals surface area contributed by atoms with E-state index in [1.165, 1.54) is 18.7 Å². The molecule has 0 saturated heterocycles. The zero-order valence-corrected chi connectivity index (χ0v) is 26.2. The number of nitrogens with one attached hydrogen (secondary N) is 2. The number of hydrogen-bond donors (Lipinski definition) is 3. The first-order valence-corrected chi connectivity index (χ1v) is 17.1. The highest BCUT2D eigenvalue weighted by Crippen LogP contribution is 2.55. The Labute approximate surface area is 260 Å². The lowest BCUT2D eigenvalue weighted by atomic mass is 9.83. The van der Waals surface area contributed by atoms with Crippen LogP contribution in [0.2, 0.25) is 0 Å². The van der Waals surface area contributed by atoms with Crippen LogP contribution in [0.5, 0.6) is 11.5 Å². The molecular weight excluding hydrogens is 581 g/mol. The fraction of sp³-hybridized carbons (Fsp3) is 0.424. The van der Waals surface area contributed by atoms with Crippen LogP contribution in [0.1, 0.15) is 67.2 Å². The van der Waals surface area contributed by atoms with E-state index in [0.717, 1.165) is 61.5 Å². The van der Waals surface area contributed by atoms with Gasteiger partial charge in [0.25, 0.3) is 0 Å². The van der Waals surface area contributed by atoms with E-state index in [4.69, 9.17) is 9.72 Å². The second-order valence-corrected chi connectivity index (χ2v) is 14.4. The third kappa shape index (κ3) is 6.17. The van der Waals surface area contributed by atoms with Crippen LogP contribution in [0, 0.1) is 5.92 Å². The maximum Gasteiger partial charge on any atom is 0.163 e. The SMILES string of the molecule is CC[C@H]1CCC(=O)CC(=O)/C=C/c2cc(OC)c(O)cc2[C@@H]2/C=C\[C@H]1SS[C@@]1(CN3C=CNC3)CCNc3ncc2cc31. The highest BCUT2D eigenvalue weighted by atomic mass is 33.1. The Hall–Kier alpha value is -3.37. The molecule has 4 heterocycles. The predicted molar refractivity (Wildman–Crippen MR) is 174 cm³/mol. The van der Waals surface area contributed by atoms with Gasteiger partial charge in [0.15, 0.2) is 17.3 Å². The lowest BCUT2D eigenvalue weighted by molar-refractivity contribution is -0.124. The number of rotatable bonds is 4. The summed E-state index contributed by atoms with van der Waals surface area (Å²) in [6, 6.07) is 5.78. The molecule has 0 fully saturated rings. The van der Waals surface area contributed by atoms with E-state index in [2.05, 4.69) is 46.9 Å². The van der Waals surface area contributed by atoms with Gasteiger partial charge in [-0.1, -0.05) is 53.2 Å². The number of aromatic hydroxyl groups is 1. The van der Waals surface area contributed by atoms with E-state index in [-0.39, 0.29) is 45.6 Å². The Bertz CT molecular complexity index is 1490.